The molecule has 416 valence electrons. The molecule has 3 amide bonds. The Hall–Kier alpha value is -11.1. The number of amides is 3. The molecular formula is C69H60N4O10. The van der Waals surface area contributed by atoms with E-state index in [0.29, 0.717) is 5.69 Å². The van der Waals surface area contributed by atoms with E-state index in [1.165, 1.54) is 12.1 Å². The van der Waals surface area contributed by atoms with E-state index in [9.17, 15) is 28.8 Å². The van der Waals surface area contributed by atoms with Gasteiger partial charge in [0.25, 0.3) is 5.91 Å². The number of carbonyl (C=O) groups excluding carboxylic acids is 4. The molecule has 0 bridgehead atoms. The van der Waals surface area contributed by atoms with Crippen LogP contribution in [0, 0.1) is 35.5 Å². The zero-order chi connectivity index (χ0) is 59.9. The lowest BCUT2D eigenvalue weighted by atomic mass is 9.99. The third kappa shape index (κ3) is 21.9. The largest absolute Gasteiger partial charge is 0.478 e. The van der Waals surface area contributed by atoms with Gasteiger partial charge in [0.05, 0.1) is 11.1 Å². The maximum atomic E-state index is 13.6. The fourth-order valence-electron chi connectivity index (χ4n) is 7.32. The Labute approximate surface area is 482 Å². The summed E-state index contributed by atoms with van der Waals surface area (Å²) < 4.78 is 10.4. The summed E-state index contributed by atoms with van der Waals surface area (Å²) in [5.41, 5.74) is 11.8. The van der Waals surface area contributed by atoms with Crippen molar-refractivity contribution in [2.75, 3.05) is 21.7 Å². The number of ether oxygens (including phenoxy) is 2. The van der Waals surface area contributed by atoms with E-state index in [1.54, 1.807) is 65.8 Å². The van der Waals surface area contributed by atoms with Crippen molar-refractivity contribution in [3.05, 3.63) is 261 Å². The summed E-state index contributed by atoms with van der Waals surface area (Å²) in [6, 6.07) is 59.3. The SMILES string of the molecule is CC(C)(C)OC(=O)Nc1cc(C(=O)Cc2cccc(C#Cc3ccccc3)c2)cc(C(=O)Nc2cccc(C#Cc3ccccc3)c2)c1.CC(C)(C)OC(=O)Nc1cc(C(=O)O)cc(C(=O)O)c1.Nc1cccc(C#Cc2ccccc2)c1. The number of nitrogens with two attached hydrogens (primary N) is 1. The highest BCUT2D eigenvalue weighted by Gasteiger charge is 2.21. The predicted molar refractivity (Wildman–Crippen MR) is 324 cm³/mol. The highest BCUT2D eigenvalue weighted by Crippen LogP contribution is 2.22. The Morgan fingerprint density at radius 3 is 1.22 bits per heavy atom. The third-order valence-electron chi connectivity index (χ3n) is 10.9. The first-order valence-electron chi connectivity index (χ1n) is 25.9. The number of Topliss-reactive ketones (excluding diaryl/α,β-unsaturated/α-hetero) is 1. The van der Waals surface area contributed by atoms with Crippen LogP contribution in [0.4, 0.5) is 32.3 Å². The second-order valence-electron chi connectivity index (χ2n) is 20.3. The lowest BCUT2D eigenvalue weighted by Crippen LogP contribution is -2.27. The van der Waals surface area contributed by atoms with Crippen LogP contribution in [0.25, 0.3) is 0 Å². The van der Waals surface area contributed by atoms with Crippen molar-refractivity contribution < 1.29 is 48.5 Å². The van der Waals surface area contributed by atoms with Crippen LogP contribution in [0.1, 0.15) is 122 Å². The second kappa shape index (κ2) is 29.2. The van der Waals surface area contributed by atoms with Gasteiger partial charge in [-0.25, -0.2) is 19.2 Å². The third-order valence-corrected chi connectivity index (χ3v) is 10.9. The zero-order valence-electron chi connectivity index (χ0n) is 46.5. The van der Waals surface area contributed by atoms with Crippen molar-refractivity contribution in [2.24, 2.45) is 0 Å². The van der Waals surface area contributed by atoms with Gasteiger partial charge in [-0.05, 0) is 168 Å². The smallest absolute Gasteiger partial charge is 0.412 e. The quantitative estimate of drug-likeness (QED) is 0.0453. The van der Waals surface area contributed by atoms with Crippen molar-refractivity contribution in [1.29, 1.82) is 0 Å². The molecule has 0 spiro atoms. The summed E-state index contributed by atoms with van der Waals surface area (Å²) in [5, 5.41) is 25.7. The van der Waals surface area contributed by atoms with Gasteiger partial charge in [-0.15, -0.1) is 0 Å². The number of nitrogens with one attached hydrogen (secondary N) is 3. The standard InChI is InChI=1S/C42H34N2O4.C14H11N.C13H15NO6/c1-42(2,3)48-41(47)44-38-28-35(39(45)26-34-18-10-16-32(24-34)22-20-30-12-6-4-7-13-30)27-36(29-38)40(46)43-37-19-11-17-33(25-37)23-21-31-14-8-5-9-15-31;15-14-8-4-7-13(11-14)10-9-12-5-2-1-3-6-12;1-13(2,3)20-12(19)14-9-5-7(10(15)16)4-8(6-9)11(17)18/h4-19,24-25,27-29H,26H2,1-3H3,(H,43,46)(H,44,47);1-8,11H,15H2;4-6H,1-3H3,(H,14,19)(H,15,16)(H,17,18). The molecule has 0 atom stereocenters. The van der Waals surface area contributed by atoms with Crippen LogP contribution in [0.15, 0.2) is 200 Å². The summed E-state index contributed by atoms with van der Waals surface area (Å²) >= 11 is 0. The maximum absolute atomic E-state index is 13.6. The topological polar surface area (TPSA) is 223 Å². The van der Waals surface area contributed by atoms with Crippen LogP contribution < -0.4 is 21.7 Å². The van der Waals surface area contributed by atoms with Gasteiger partial charge in [-0.3, -0.25) is 20.2 Å². The zero-order valence-corrected chi connectivity index (χ0v) is 46.5. The van der Waals surface area contributed by atoms with Gasteiger partial charge in [-0.2, -0.15) is 0 Å². The van der Waals surface area contributed by atoms with Gasteiger partial charge >= 0.3 is 24.1 Å². The van der Waals surface area contributed by atoms with Crippen LogP contribution in [-0.2, 0) is 15.9 Å². The molecular weight excluding hydrogens is 1040 g/mol. The first-order valence-corrected chi connectivity index (χ1v) is 25.9. The van der Waals surface area contributed by atoms with Gasteiger partial charge in [-0.1, -0.05) is 114 Å². The molecule has 0 radical (unpaired) electrons. The molecule has 14 heteroatoms. The lowest BCUT2D eigenvalue weighted by molar-refractivity contribution is 0.0624. The fourth-order valence-corrected chi connectivity index (χ4v) is 7.32. The normalized spacial score (nSPS) is 10.2. The number of carboxylic acids is 2. The number of hydrogen-bond donors (Lipinski definition) is 6. The van der Waals surface area contributed by atoms with Crippen LogP contribution in [0.3, 0.4) is 0 Å². The number of carboxylic acid groups (broad SMARTS) is 2. The summed E-state index contributed by atoms with van der Waals surface area (Å²) in [7, 11) is 0. The van der Waals surface area contributed by atoms with Crippen molar-refractivity contribution in [3.8, 4) is 35.5 Å². The minimum Gasteiger partial charge on any atom is -0.478 e. The van der Waals surface area contributed by atoms with E-state index in [2.05, 4.69) is 51.5 Å². The Kier molecular flexibility index (Phi) is 21.5. The summed E-state index contributed by atoms with van der Waals surface area (Å²) in [5.74, 6) is 15.4. The fraction of sp³-hybridized carbons (Fsp3) is 0.130. The molecule has 14 nitrogen and oxygen atoms in total. The number of ketones is 1. The summed E-state index contributed by atoms with van der Waals surface area (Å²) in [6.07, 6.45) is -1.43. The van der Waals surface area contributed by atoms with E-state index in [4.69, 9.17) is 25.4 Å². The highest BCUT2D eigenvalue weighted by atomic mass is 16.6. The number of rotatable bonds is 9. The van der Waals surface area contributed by atoms with Crippen LogP contribution in [0.5, 0.6) is 0 Å². The van der Waals surface area contributed by atoms with E-state index < -0.39 is 41.2 Å². The molecule has 8 rings (SSSR count). The molecule has 7 N–H and O–H groups in total. The maximum Gasteiger partial charge on any atom is 0.412 e. The van der Waals surface area contributed by atoms with E-state index in [0.717, 1.165) is 62.8 Å². The average molecular weight is 1110 g/mol. The minimum absolute atomic E-state index is 0.0385. The Morgan fingerprint density at radius 2 is 0.771 bits per heavy atom. The van der Waals surface area contributed by atoms with Gasteiger partial charge in [0.2, 0.25) is 0 Å². The monoisotopic (exact) mass is 1100 g/mol. The van der Waals surface area contributed by atoms with Crippen molar-refractivity contribution in [2.45, 2.75) is 59.2 Å². The number of anilines is 4. The molecule has 0 saturated heterocycles. The highest BCUT2D eigenvalue weighted by molar-refractivity contribution is 6.08. The lowest BCUT2D eigenvalue weighted by Gasteiger charge is -2.20. The van der Waals surface area contributed by atoms with Gasteiger partial charge < -0.3 is 30.7 Å². The molecule has 0 aliphatic rings. The minimum atomic E-state index is -1.29. The van der Waals surface area contributed by atoms with E-state index in [-0.39, 0.29) is 45.8 Å². The molecule has 0 aliphatic carbocycles. The van der Waals surface area contributed by atoms with E-state index >= 15 is 0 Å². The van der Waals surface area contributed by atoms with Crippen molar-refractivity contribution in [1.82, 2.24) is 0 Å². The number of nitrogen functional groups attached to an aromatic ring is 1. The number of carbonyl (C=O) groups is 6. The number of benzene rings is 8. The predicted octanol–water partition coefficient (Wildman–Crippen LogP) is 13.6. The molecule has 83 heavy (non-hydrogen) atoms. The Balaban J connectivity index is 0.000000256. The van der Waals surface area contributed by atoms with Crippen LogP contribution >= 0.6 is 0 Å². The van der Waals surface area contributed by atoms with E-state index in [1.807, 2.05) is 146 Å². The summed E-state index contributed by atoms with van der Waals surface area (Å²) in [4.78, 5) is 73.1. The molecule has 8 aromatic carbocycles. The molecule has 0 saturated carbocycles. The average Bonchev–Trinajstić information content (AvgIpc) is 3.64. The van der Waals surface area contributed by atoms with Crippen molar-refractivity contribution >= 4 is 58.6 Å². The van der Waals surface area contributed by atoms with Gasteiger partial charge in [0, 0.05) is 73.7 Å². The molecule has 0 unspecified atom stereocenters. The Bertz CT molecular complexity index is 3670. The molecule has 8 aromatic rings. The first-order chi connectivity index (χ1) is 39.5. The molecule has 0 aromatic heterocycles. The number of hydrogen-bond acceptors (Lipinski definition) is 9. The molecule has 0 aliphatic heterocycles. The molecule has 0 fully saturated rings. The Morgan fingerprint density at radius 1 is 0.398 bits per heavy atom. The summed E-state index contributed by atoms with van der Waals surface area (Å²) in [6.45, 7) is 10.3. The van der Waals surface area contributed by atoms with Crippen LogP contribution in [-0.4, -0.2) is 57.2 Å². The molecule has 0 heterocycles. The number of aromatic carboxylic acids is 2. The second-order valence-corrected chi connectivity index (χ2v) is 20.3. The van der Waals surface area contributed by atoms with Gasteiger partial charge in [0.1, 0.15) is 11.2 Å². The first kappa shape index (κ1) is 61.1. The van der Waals surface area contributed by atoms with Crippen LogP contribution in [0.2, 0.25) is 0 Å². The van der Waals surface area contributed by atoms with Gasteiger partial charge in [0.15, 0.2) is 5.78 Å². The van der Waals surface area contributed by atoms with Crippen molar-refractivity contribution in [3.63, 3.8) is 0 Å².